The lowest BCUT2D eigenvalue weighted by molar-refractivity contribution is -0.105. The highest BCUT2D eigenvalue weighted by atomic mass is 32.2. The van der Waals surface area contributed by atoms with Crippen molar-refractivity contribution in [1.29, 1.82) is 0 Å². The maximum Gasteiger partial charge on any atom is 0.255 e. The van der Waals surface area contributed by atoms with Crippen molar-refractivity contribution in [2.45, 2.75) is 61.7 Å². The zero-order valence-corrected chi connectivity index (χ0v) is 19.2. The van der Waals surface area contributed by atoms with Gasteiger partial charge in [0.15, 0.2) is 11.5 Å². The second kappa shape index (κ2) is 8.96. The largest absolute Gasteiger partial charge is 0.448 e. The molecule has 3 aliphatic rings. The molecule has 5 rings (SSSR count). The van der Waals surface area contributed by atoms with E-state index < -0.39 is 15.8 Å². The van der Waals surface area contributed by atoms with Crippen LogP contribution >= 0.6 is 0 Å². The van der Waals surface area contributed by atoms with Crippen molar-refractivity contribution in [2.24, 2.45) is 0 Å². The fourth-order valence-electron chi connectivity index (χ4n) is 4.55. The third kappa shape index (κ3) is 4.85. The van der Waals surface area contributed by atoms with Crippen LogP contribution in [0.4, 0.5) is 5.69 Å². The number of sulfonamides is 1. The van der Waals surface area contributed by atoms with E-state index >= 15 is 0 Å². The predicted molar refractivity (Wildman–Crippen MR) is 122 cm³/mol. The van der Waals surface area contributed by atoms with E-state index in [1.807, 2.05) is 6.07 Å². The fourth-order valence-corrected chi connectivity index (χ4v) is 5.61. The van der Waals surface area contributed by atoms with Crippen LogP contribution in [0.3, 0.4) is 0 Å². The Labute approximate surface area is 193 Å². The third-order valence-corrected chi connectivity index (χ3v) is 7.80. The van der Waals surface area contributed by atoms with Gasteiger partial charge in [-0.15, -0.1) is 0 Å². The number of anilines is 1. The van der Waals surface area contributed by atoms with Crippen molar-refractivity contribution in [3.05, 3.63) is 48.0 Å². The minimum absolute atomic E-state index is 0.0838. The van der Waals surface area contributed by atoms with Gasteiger partial charge in [-0.1, -0.05) is 6.42 Å². The van der Waals surface area contributed by atoms with Crippen LogP contribution in [0.2, 0.25) is 0 Å². The molecule has 1 aliphatic carbocycles. The minimum atomic E-state index is -3.66. The summed E-state index contributed by atoms with van der Waals surface area (Å²) in [7, 11) is -3.66. The van der Waals surface area contributed by atoms with Gasteiger partial charge in [0, 0.05) is 43.3 Å². The number of benzene rings is 2. The van der Waals surface area contributed by atoms with E-state index in [9.17, 15) is 13.2 Å². The first-order chi connectivity index (χ1) is 15.9. The quantitative estimate of drug-likeness (QED) is 0.662. The van der Waals surface area contributed by atoms with Gasteiger partial charge >= 0.3 is 0 Å². The highest BCUT2D eigenvalue weighted by Gasteiger charge is 2.42. The van der Waals surface area contributed by atoms with Gasteiger partial charge in [0.25, 0.3) is 11.7 Å². The smallest absolute Gasteiger partial charge is 0.255 e. The Balaban J connectivity index is 1.21. The molecule has 9 heteroatoms. The number of hydrogen-bond acceptors (Lipinski definition) is 6. The van der Waals surface area contributed by atoms with Gasteiger partial charge in [0.2, 0.25) is 10.0 Å². The molecule has 1 unspecified atom stereocenters. The first kappa shape index (κ1) is 22.2. The van der Waals surface area contributed by atoms with Crippen molar-refractivity contribution in [2.75, 3.05) is 18.5 Å². The predicted octanol–water partition coefficient (Wildman–Crippen LogP) is 3.83. The summed E-state index contributed by atoms with van der Waals surface area (Å²) in [6, 6.07) is 11.2. The van der Waals surface area contributed by atoms with Crippen molar-refractivity contribution < 1.29 is 27.4 Å². The first-order valence-corrected chi connectivity index (χ1v) is 13.0. The molecule has 1 saturated heterocycles. The van der Waals surface area contributed by atoms with Gasteiger partial charge in [0.05, 0.1) is 11.0 Å². The first-order valence-electron chi connectivity index (χ1n) is 11.5. The van der Waals surface area contributed by atoms with E-state index in [0.717, 1.165) is 38.5 Å². The van der Waals surface area contributed by atoms with Gasteiger partial charge in [0.1, 0.15) is 0 Å². The van der Waals surface area contributed by atoms with Crippen LogP contribution in [0, 0.1) is 0 Å². The molecule has 1 atom stereocenters. The van der Waals surface area contributed by atoms with Crippen LogP contribution in [0.15, 0.2) is 47.4 Å². The Morgan fingerprint density at radius 1 is 0.970 bits per heavy atom. The summed E-state index contributed by atoms with van der Waals surface area (Å²) in [5, 5.41) is 2.84. The lowest BCUT2D eigenvalue weighted by atomic mass is 9.94. The van der Waals surface area contributed by atoms with E-state index in [4.69, 9.17) is 14.2 Å². The molecule has 0 aromatic heterocycles. The summed E-state index contributed by atoms with van der Waals surface area (Å²) in [5.41, 5.74) is 0.944. The molecular formula is C24H28N2O6S. The molecule has 2 fully saturated rings. The molecule has 8 nitrogen and oxygen atoms in total. The molecule has 0 bridgehead atoms. The molecule has 33 heavy (non-hydrogen) atoms. The zero-order chi connectivity index (χ0) is 22.9. The SMILES string of the molecule is O=C(Nc1ccc2c(c1)OC1(CCCCC1)O2)c1ccc(S(=O)(=O)NCC2CCCO2)cc1. The maximum absolute atomic E-state index is 12.7. The topological polar surface area (TPSA) is 103 Å². The number of hydrogen-bond donors (Lipinski definition) is 2. The molecule has 0 radical (unpaired) electrons. The number of amides is 1. The molecule has 2 heterocycles. The second-order valence-corrected chi connectivity index (χ2v) is 10.6. The number of ether oxygens (including phenoxy) is 3. The minimum Gasteiger partial charge on any atom is -0.448 e. The Bertz CT molecular complexity index is 1120. The normalized spacial score (nSPS) is 21.3. The average molecular weight is 473 g/mol. The molecule has 2 aromatic carbocycles. The van der Waals surface area contributed by atoms with Crippen LogP contribution in [-0.4, -0.2) is 39.4 Å². The Kier molecular flexibility index (Phi) is 6.03. The summed E-state index contributed by atoms with van der Waals surface area (Å²) >= 11 is 0. The molecule has 2 N–H and O–H groups in total. The van der Waals surface area contributed by atoms with Crippen molar-refractivity contribution in [3.8, 4) is 11.5 Å². The summed E-state index contributed by atoms with van der Waals surface area (Å²) in [6.45, 7) is 0.913. The van der Waals surface area contributed by atoms with E-state index in [0.29, 0.717) is 29.4 Å². The fraction of sp³-hybridized carbons (Fsp3) is 0.458. The molecular weight excluding hydrogens is 444 g/mol. The lowest BCUT2D eigenvalue weighted by Crippen LogP contribution is -2.40. The number of carbonyl (C=O) groups is 1. The number of fused-ring (bicyclic) bond motifs is 1. The summed E-state index contributed by atoms with van der Waals surface area (Å²) < 4.78 is 45.2. The van der Waals surface area contributed by atoms with E-state index in [-0.39, 0.29) is 23.5 Å². The zero-order valence-electron chi connectivity index (χ0n) is 18.3. The van der Waals surface area contributed by atoms with Gasteiger partial charge in [-0.25, -0.2) is 13.1 Å². The van der Waals surface area contributed by atoms with Crippen LogP contribution in [-0.2, 0) is 14.8 Å². The standard InChI is InChI=1S/C24H28N2O6S/c27-23(17-6-9-20(10-7-17)33(28,29)25-16-19-5-4-14-30-19)26-18-8-11-21-22(15-18)32-24(31-21)12-2-1-3-13-24/h6-11,15,19,25H,1-5,12-14,16H2,(H,26,27). The van der Waals surface area contributed by atoms with Gasteiger partial charge in [-0.2, -0.15) is 0 Å². The van der Waals surface area contributed by atoms with Crippen molar-refractivity contribution in [1.82, 2.24) is 4.72 Å². The second-order valence-electron chi connectivity index (χ2n) is 8.80. The number of rotatable bonds is 6. The number of carbonyl (C=O) groups excluding carboxylic acids is 1. The Morgan fingerprint density at radius 2 is 1.73 bits per heavy atom. The summed E-state index contributed by atoms with van der Waals surface area (Å²) in [4.78, 5) is 12.8. The Hall–Kier alpha value is -2.62. The third-order valence-electron chi connectivity index (χ3n) is 6.36. The van der Waals surface area contributed by atoms with Crippen LogP contribution in [0.25, 0.3) is 0 Å². The lowest BCUT2D eigenvalue weighted by Gasteiger charge is -2.31. The highest BCUT2D eigenvalue weighted by Crippen LogP contribution is 2.46. The molecule has 1 spiro atoms. The molecule has 1 saturated carbocycles. The van der Waals surface area contributed by atoms with Gasteiger partial charge in [-0.3, -0.25) is 4.79 Å². The summed E-state index contributed by atoms with van der Waals surface area (Å²) in [5.74, 6) is 0.425. The highest BCUT2D eigenvalue weighted by molar-refractivity contribution is 7.89. The summed E-state index contributed by atoms with van der Waals surface area (Å²) in [6.07, 6.45) is 6.78. The van der Waals surface area contributed by atoms with E-state index in [2.05, 4.69) is 10.0 Å². The molecule has 2 aromatic rings. The number of nitrogens with one attached hydrogen (secondary N) is 2. The molecule has 176 valence electrons. The van der Waals surface area contributed by atoms with E-state index in [1.54, 1.807) is 12.1 Å². The monoisotopic (exact) mass is 472 g/mol. The van der Waals surface area contributed by atoms with Crippen molar-refractivity contribution >= 4 is 21.6 Å². The van der Waals surface area contributed by atoms with Crippen LogP contribution < -0.4 is 19.5 Å². The maximum atomic E-state index is 12.7. The van der Waals surface area contributed by atoms with Gasteiger partial charge < -0.3 is 19.5 Å². The van der Waals surface area contributed by atoms with E-state index in [1.165, 1.54) is 30.7 Å². The van der Waals surface area contributed by atoms with Crippen molar-refractivity contribution in [3.63, 3.8) is 0 Å². The Morgan fingerprint density at radius 3 is 2.45 bits per heavy atom. The van der Waals surface area contributed by atoms with Crippen LogP contribution in [0.5, 0.6) is 11.5 Å². The van der Waals surface area contributed by atoms with Crippen LogP contribution in [0.1, 0.15) is 55.3 Å². The average Bonchev–Trinajstić information content (AvgIpc) is 3.46. The molecule has 2 aliphatic heterocycles. The molecule has 1 amide bonds. The van der Waals surface area contributed by atoms with Gasteiger partial charge in [-0.05, 0) is 62.1 Å².